The van der Waals surface area contributed by atoms with Crippen LogP contribution >= 0.6 is 11.8 Å². The van der Waals surface area contributed by atoms with Gasteiger partial charge >= 0.3 is 11.9 Å². The Labute approximate surface area is 364 Å². The zero-order valence-corrected chi connectivity index (χ0v) is 40.0. The second kappa shape index (κ2) is 38.6. The van der Waals surface area contributed by atoms with Crippen molar-refractivity contribution in [3.05, 3.63) is 0 Å². The highest BCUT2D eigenvalue weighted by Gasteiger charge is 2.41. The number of carbonyl (C=O) groups excluding carboxylic acids is 3. The van der Waals surface area contributed by atoms with Crippen LogP contribution in [0.5, 0.6) is 0 Å². The smallest absolute Gasteiger partial charge is 0.305 e. The molecule has 0 spiro atoms. The third kappa shape index (κ3) is 33.4. The van der Waals surface area contributed by atoms with Crippen molar-refractivity contribution in [3.63, 3.8) is 0 Å². The Morgan fingerprint density at radius 2 is 1.00 bits per heavy atom. The molecule has 0 N–H and O–H groups in total. The van der Waals surface area contributed by atoms with E-state index in [0.717, 1.165) is 102 Å². The Kier molecular flexibility index (Phi) is 36.5. The van der Waals surface area contributed by atoms with Gasteiger partial charge in [-0.05, 0) is 109 Å². The summed E-state index contributed by atoms with van der Waals surface area (Å²) < 4.78 is 11.5. The van der Waals surface area contributed by atoms with E-state index in [-0.39, 0.29) is 17.2 Å². The van der Waals surface area contributed by atoms with E-state index in [1.165, 1.54) is 140 Å². The van der Waals surface area contributed by atoms with Gasteiger partial charge in [0.05, 0.1) is 13.2 Å². The predicted molar refractivity (Wildman–Crippen MR) is 250 cm³/mol. The average Bonchev–Trinajstić information content (AvgIpc) is 3.98. The second-order valence-electron chi connectivity index (χ2n) is 18.4. The van der Waals surface area contributed by atoms with Crippen molar-refractivity contribution in [2.45, 2.75) is 239 Å². The molecule has 0 aromatic heterocycles. The molecule has 0 atom stereocenters. The quantitative estimate of drug-likeness (QED) is 0.0447. The van der Waals surface area contributed by atoms with Gasteiger partial charge in [-0.2, -0.15) is 0 Å². The molecule has 8 heteroatoms. The Bertz CT molecular complexity index is 960. The Balaban J connectivity index is 2.36. The van der Waals surface area contributed by atoms with Crippen molar-refractivity contribution in [2.75, 3.05) is 52.7 Å². The van der Waals surface area contributed by atoms with Crippen molar-refractivity contribution in [3.8, 4) is 0 Å². The summed E-state index contributed by atoms with van der Waals surface area (Å²) in [4.78, 5) is 42.6. The lowest BCUT2D eigenvalue weighted by atomic mass is 9.95. The monoisotopic (exact) mass is 837 g/mol. The summed E-state index contributed by atoms with van der Waals surface area (Å²) in [6, 6.07) is 0. The fraction of sp³-hybridized carbons (Fsp3) is 0.940. The molecule has 0 bridgehead atoms. The van der Waals surface area contributed by atoms with Gasteiger partial charge in [-0.1, -0.05) is 161 Å². The Hall–Kier alpha value is -1.28. The van der Waals surface area contributed by atoms with Crippen LogP contribution in [0.2, 0.25) is 0 Å². The minimum Gasteiger partial charge on any atom is -0.466 e. The minimum atomic E-state index is -0.0221. The van der Waals surface area contributed by atoms with E-state index in [9.17, 15) is 14.4 Å². The van der Waals surface area contributed by atoms with Crippen LogP contribution in [-0.2, 0) is 19.1 Å². The highest BCUT2D eigenvalue weighted by Crippen LogP contribution is 2.52. The first-order chi connectivity index (χ1) is 28.2. The number of carbonyl (C=O) groups is 3. The minimum absolute atomic E-state index is 0.0193. The summed E-state index contributed by atoms with van der Waals surface area (Å²) >= 11 is 1.50. The largest absolute Gasteiger partial charge is 0.466 e. The number of rotatable bonds is 43. The number of amides is 1. The van der Waals surface area contributed by atoms with Crippen molar-refractivity contribution in [1.29, 1.82) is 0 Å². The summed E-state index contributed by atoms with van der Waals surface area (Å²) in [7, 11) is 4.21. The van der Waals surface area contributed by atoms with Gasteiger partial charge in [0.2, 0.25) is 0 Å². The van der Waals surface area contributed by atoms with E-state index in [4.69, 9.17) is 9.47 Å². The first-order valence-electron chi connectivity index (χ1n) is 25.1. The van der Waals surface area contributed by atoms with Crippen LogP contribution in [0.1, 0.15) is 239 Å². The molecule has 0 saturated heterocycles. The number of thioether (sulfide) groups is 1. The first-order valence-corrected chi connectivity index (χ1v) is 26.1. The number of ether oxygens (including phenoxy) is 2. The molecule has 342 valence electrons. The summed E-state index contributed by atoms with van der Waals surface area (Å²) in [5.41, 5.74) is 0.353. The summed E-state index contributed by atoms with van der Waals surface area (Å²) in [5, 5.41) is 0.238. The first kappa shape index (κ1) is 54.7. The number of unbranched alkanes of at least 4 members (excludes halogenated alkanes) is 20. The number of hydrogen-bond donors (Lipinski definition) is 0. The Morgan fingerprint density at radius 1 is 0.534 bits per heavy atom. The van der Waals surface area contributed by atoms with Crippen LogP contribution in [0.3, 0.4) is 0 Å². The van der Waals surface area contributed by atoms with Gasteiger partial charge in [0.15, 0.2) is 0 Å². The molecule has 58 heavy (non-hydrogen) atoms. The third-order valence-electron chi connectivity index (χ3n) is 12.4. The van der Waals surface area contributed by atoms with Crippen molar-refractivity contribution in [2.24, 2.45) is 11.3 Å². The molecular weight excluding hydrogens is 741 g/mol. The van der Waals surface area contributed by atoms with Gasteiger partial charge in [-0.3, -0.25) is 14.4 Å². The van der Waals surface area contributed by atoms with E-state index >= 15 is 0 Å². The molecular formula is C50H96N2O5S. The fourth-order valence-electron chi connectivity index (χ4n) is 8.13. The second-order valence-corrected chi connectivity index (χ2v) is 19.4. The van der Waals surface area contributed by atoms with Crippen LogP contribution in [0.4, 0.5) is 4.79 Å². The molecule has 0 radical (unpaired) electrons. The molecule has 1 saturated carbocycles. The van der Waals surface area contributed by atoms with Crippen LogP contribution in [-0.4, -0.2) is 79.7 Å². The zero-order valence-electron chi connectivity index (χ0n) is 39.2. The van der Waals surface area contributed by atoms with Crippen molar-refractivity contribution < 1.29 is 23.9 Å². The topological polar surface area (TPSA) is 76.1 Å². The fourth-order valence-corrected chi connectivity index (χ4v) is 9.02. The number of hydrogen-bond acceptors (Lipinski definition) is 7. The molecule has 0 aromatic rings. The molecule has 0 unspecified atom stereocenters. The standard InChI is InChI=1S/C50H96N2O5S/c1-6-9-12-15-16-20-25-34-47(53)56-43-39-50(37-38-50)36-27-29-42-52(49(55)58-44-31-30-40-51(4)5)41-28-22-17-21-26-35-48(54)57-45-46(32-23-18-13-10-7-2)33-24-19-14-11-8-3/h46H,6-45H2,1-5H3. The maximum Gasteiger partial charge on any atom is 0.305 e. The summed E-state index contributed by atoms with van der Waals surface area (Å²) in [6.07, 6.45) is 39.1. The molecule has 1 rings (SSSR count). The number of nitrogens with zero attached hydrogens (tertiary/aromatic N) is 2. The van der Waals surface area contributed by atoms with Gasteiger partial charge in [-0.15, -0.1) is 0 Å². The van der Waals surface area contributed by atoms with Gasteiger partial charge in [0, 0.05) is 31.7 Å². The lowest BCUT2D eigenvalue weighted by Crippen LogP contribution is -2.30. The molecule has 0 aromatic carbocycles. The number of esters is 2. The van der Waals surface area contributed by atoms with Crippen LogP contribution in [0, 0.1) is 11.3 Å². The summed E-state index contributed by atoms with van der Waals surface area (Å²) in [5.74, 6) is 1.36. The van der Waals surface area contributed by atoms with E-state index in [2.05, 4.69) is 44.7 Å². The van der Waals surface area contributed by atoms with Gasteiger partial charge in [0.25, 0.3) is 5.24 Å². The van der Waals surface area contributed by atoms with E-state index < -0.39 is 0 Å². The molecule has 0 heterocycles. The highest BCUT2D eigenvalue weighted by atomic mass is 32.2. The zero-order chi connectivity index (χ0) is 42.4. The van der Waals surface area contributed by atoms with Crippen LogP contribution in [0.15, 0.2) is 0 Å². The lowest BCUT2D eigenvalue weighted by Gasteiger charge is -2.23. The van der Waals surface area contributed by atoms with Gasteiger partial charge in [-0.25, -0.2) is 0 Å². The molecule has 1 amide bonds. The lowest BCUT2D eigenvalue weighted by molar-refractivity contribution is -0.145. The van der Waals surface area contributed by atoms with E-state index in [0.29, 0.717) is 37.4 Å². The molecule has 0 aliphatic heterocycles. The summed E-state index contributed by atoms with van der Waals surface area (Å²) in [6.45, 7) is 10.7. The van der Waals surface area contributed by atoms with Gasteiger partial charge in [0.1, 0.15) is 0 Å². The van der Waals surface area contributed by atoms with Crippen LogP contribution in [0.25, 0.3) is 0 Å². The maximum atomic E-state index is 13.3. The average molecular weight is 837 g/mol. The molecule has 1 aliphatic rings. The van der Waals surface area contributed by atoms with Crippen LogP contribution < -0.4 is 0 Å². The normalized spacial score (nSPS) is 13.4. The van der Waals surface area contributed by atoms with E-state index in [1.54, 1.807) is 0 Å². The molecule has 1 aliphatic carbocycles. The molecule has 7 nitrogen and oxygen atoms in total. The van der Waals surface area contributed by atoms with E-state index in [1.807, 2.05) is 0 Å². The van der Waals surface area contributed by atoms with Crippen molar-refractivity contribution in [1.82, 2.24) is 9.80 Å². The predicted octanol–water partition coefficient (Wildman–Crippen LogP) is 14.7. The SMILES string of the molecule is CCCCCCCCCC(=O)OCCC1(CCCCN(CCCCCCCC(=O)OCC(CCCCCCC)CCCCCCC)C(=O)SCCCCN(C)C)CC1. The highest BCUT2D eigenvalue weighted by molar-refractivity contribution is 8.13. The van der Waals surface area contributed by atoms with Gasteiger partial charge < -0.3 is 19.3 Å². The third-order valence-corrected chi connectivity index (χ3v) is 13.4. The van der Waals surface area contributed by atoms with Crippen molar-refractivity contribution >= 4 is 28.9 Å². The Morgan fingerprint density at radius 3 is 1.53 bits per heavy atom. The maximum absolute atomic E-state index is 13.3. The molecule has 1 fully saturated rings.